The van der Waals surface area contributed by atoms with Crippen LogP contribution < -0.4 is 11.1 Å². The van der Waals surface area contributed by atoms with E-state index >= 15 is 0 Å². The maximum absolute atomic E-state index is 14.8. The van der Waals surface area contributed by atoms with Crippen LogP contribution >= 0.6 is 0 Å². The van der Waals surface area contributed by atoms with Gasteiger partial charge in [0.15, 0.2) is 5.54 Å². The zero-order valence-electron chi connectivity index (χ0n) is 13.4. The Labute approximate surface area is 133 Å². The molecule has 23 heavy (non-hydrogen) atoms. The van der Waals surface area contributed by atoms with Crippen LogP contribution in [-0.4, -0.2) is 45.3 Å². The summed E-state index contributed by atoms with van der Waals surface area (Å²) in [4.78, 5) is 35.6. The highest BCUT2D eigenvalue weighted by molar-refractivity contribution is 5.95. The second-order valence-corrected chi connectivity index (χ2v) is 6.74. The summed E-state index contributed by atoms with van der Waals surface area (Å²) in [6, 6.07) is -0.978. The first-order valence-corrected chi connectivity index (χ1v) is 7.78. The summed E-state index contributed by atoms with van der Waals surface area (Å²) in [6.45, 7) is 4.93. The molecule has 1 unspecified atom stereocenters. The lowest BCUT2D eigenvalue weighted by molar-refractivity contribution is -0.161. The summed E-state index contributed by atoms with van der Waals surface area (Å²) in [5.74, 6) is -5.99. The molecule has 0 aromatic heterocycles. The Morgan fingerprint density at radius 2 is 1.78 bits per heavy atom. The van der Waals surface area contributed by atoms with Crippen molar-refractivity contribution >= 4 is 17.8 Å². The number of nitrogens with one attached hydrogen (secondary N) is 1. The van der Waals surface area contributed by atoms with Crippen LogP contribution in [0.4, 0.5) is 4.39 Å². The fourth-order valence-electron chi connectivity index (χ4n) is 4.54. The standard InChI is InChI=1S/C15H23FN2O5/c1-4-13(5-2)6-8-9(14(8,16)11(20)21)15(13,12(22)23)18-10(19)7(3)17/h7-9H,4-6,17H2,1-3H3,(H,18,19)(H,20,21)(H,22,23)/t7?,8-,9+,14-,15+/m1/s1. The number of carbonyl (C=O) groups excluding carboxylic acids is 1. The van der Waals surface area contributed by atoms with Crippen LogP contribution in [0, 0.1) is 17.3 Å². The molecule has 7 nitrogen and oxygen atoms in total. The van der Waals surface area contributed by atoms with Crippen molar-refractivity contribution in [2.75, 3.05) is 0 Å². The van der Waals surface area contributed by atoms with Crippen LogP contribution in [0.2, 0.25) is 0 Å². The molecule has 0 radical (unpaired) electrons. The number of halogens is 1. The molecule has 130 valence electrons. The SMILES string of the molecule is CCC1(CC)C[C@@H]2[C@@H]([C@@]2(F)C(=O)O)[C@]1(NC(=O)C(C)N)C(=O)O. The maximum Gasteiger partial charge on any atom is 0.342 e. The molecule has 5 atom stereocenters. The molecule has 2 fully saturated rings. The summed E-state index contributed by atoms with van der Waals surface area (Å²) in [5, 5.41) is 21.5. The molecule has 0 saturated heterocycles. The van der Waals surface area contributed by atoms with Crippen molar-refractivity contribution in [1.29, 1.82) is 0 Å². The van der Waals surface area contributed by atoms with Crippen molar-refractivity contribution in [2.24, 2.45) is 23.0 Å². The molecule has 0 aromatic carbocycles. The van der Waals surface area contributed by atoms with Gasteiger partial charge in [-0.05, 0) is 26.2 Å². The van der Waals surface area contributed by atoms with E-state index in [1.54, 1.807) is 13.8 Å². The highest BCUT2D eigenvalue weighted by Crippen LogP contribution is 2.74. The third kappa shape index (κ3) is 1.93. The molecule has 2 aliphatic carbocycles. The fourth-order valence-corrected chi connectivity index (χ4v) is 4.54. The van der Waals surface area contributed by atoms with Gasteiger partial charge >= 0.3 is 11.9 Å². The van der Waals surface area contributed by atoms with Crippen molar-refractivity contribution < 1.29 is 29.0 Å². The van der Waals surface area contributed by atoms with E-state index < -0.39 is 52.3 Å². The number of nitrogens with two attached hydrogens (primary N) is 1. The predicted octanol–water partition coefficient (Wildman–Crippen LogP) is 0.522. The minimum absolute atomic E-state index is 0.110. The molecular formula is C15H23FN2O5. The van der Waals surface area contributed by atoms with Gasteiger partial charge in [-0.3, -0.25) is 4.79 Å². The van der Waals surface area contributed by atoms with Gasteiger partial charge in [0.2, 0.25) is 11.6 Å². The van der Waals surface area contributed by atoms with Gasteiger partial charge in [-0.15, -0.1) is 0 Å². The normalized spacial score (nSPS) is 38.5. The van der Waals surface area contributed by atoms with Gasteiger partial charge in [0.1, 0.15) is 0 Å². The average molecular weight is 330 g/mol. The van der Waals surface area contributed by atoms with Crippen molar-refractivity contribution in [3.8, 4) is 0 Å². The smallest absolute Gasteiger partial charge is 0.342 e. The summed E-state index contributed by atoms with van der Waals surface area (Å²) in [7, 11) is 0. The maximum atomic E-state index is 14.8. The lowest BCUT2D eigenvalue weighted by Crippen LogP contribution is -2.68. The summed E-state index contributed by atoms with van der Waals surface area (Å²) < 4.78 is 14.8. The number of fused-ring (bicyclic) bond motifs is 1. The first-order chi connectivity index (χ1) is 10.5. The number of carboxylic acids is 2. The lowest BCUT2D eigenvalue weighted by Gasteiger charge is -2.46. The van der Waals surface area contributed by atoms with Crippen molar-refractivity contribution in [1.82, 2.24) is 5.32 Å². The first-order valence-electron chi connectivity index (χ1n) is 7.78. The number of alkyl halides is 1. The Bertz CT molecular complexity index is 562. The first kappa shape index (κ1) is 17.7. The van der Waals surface area contributed by atoms with E-state index in [9.17, 15) is 29.0 Å². The van der Waals surface area contributed by atoms with Gasteiger partial charge in [0.05, 0.1) is 6.04 Å². The number of hydrogen-bond donors (Lipinski definition) is 4. The van der Waals surface area contributed by atoms with Crippen molar-refractivity contribution in [3.63, 3.8) is 0 Å². The summed E-state index contributed by atoms with van der Waals surface area (Å²) in [5.41, 5.74) is 0.0439. The van der Waals surface area contributed by atoms with E-state index in [0.717, 1.165) is 0 Å². The number of hydrogen-bond acceptors (Lipinski definition) is 4. The fraction of sp³-hybridized carbons (Fsp3) is 0.800. The van der Waals surface area contributed by atoms with Gasteiger partial charge in [0.25, 0.3) is 0 Å². The number of carboxylic acid groups (broad SMARTS) is 2. The van der Waals surface area contributed by atoms with E-state index in [1.807, 2.05) is 0 Å². The number of aliphatic carboxylic acids is 2. The van der Waals surface area contributed by atoms with E-state index in [1.165, 1.54) is 6.92 Å². The van der Waals surface area contributed by atoms with Gasteiger partial charge in [-0.25, -0.2) is 14.0 Å². The third-order valence-corrected chi connectivity index (χ3v) is 5.95. The van der Waals surface area contributed by atoms with Crippen LogP contribution in [-0.2, 0) is 14.4 Å². The Morgan fingerprint density at radius 1 is 1.26 bits per heavy atom. The van der Waals surface area contributed by atoms with Crippen LogP contribution in [0.25, 0.3) is 0 Å². The minimum atomic E-state index is -2.61. The van der Waals surface area contributed by atoms with Gasteiger partial charge in [0, 0.05) is 17.3 Å². The molecule has 0 aliphatic heterocycles. The van der Waals surface area contributed by atoms with E-state index in [0.29, 0.717) is 12.8 Å². The van der Waals surface area contributed by atoms with Gasteiger partial charge in [-0.1, -0.05) is 13.8 Å². The molecule has 5 N–H and O–H groups in total. The zero-order chi connectivity index (χ0) is 17.8. The minimum Gasteiger partial charge on any atom is -0.479 e. The van der Waals surface area contributed by atoms with Crippen LogP contribution in [0.15, 0.2) is 0 Å². The number of rotatable bonds is 6. The number of carbonyl (C=O) groups is 3. The Kier molecular flexibility index (Phi) is 3.96. The Morgan fingerprint density at radius 3 is 2.13 bits per heavy atom. The second kappa shape index (κ2) is 5.15. The number of amides is 1. The highest BCUT2D eigenvalue weighted by Gasteiger charge is 2.88. The van der Waals surface area contributed by atoms with Crippen molar-refractivity contribution in [2.45, 2.75) is 57.3 Å². The molecule has 0 spiro atoms. The molecule has 8 heteroatoms. The molecule has 0 aromatic rings. The van der Waals surface area contributed by atoms with Crippen LogP contribution in [0.5, 0.6) is 0 Å². The third-order valence-electron chi connectivity index (χ3n) is 5.95. The summed E-state index contributed by atoms with van der Waals surface area (Å²) in [6.07, 6.45) is 0.883. The Hall–Kier alpha value is -1.70. The molecule has 1 amide bonds. The van der Waals surface area contributed by atoms with E-state index in [-0.39, 0.29) is 6.42 Å². The second-order valence-electron chi connectivity index (χ2n) is 6.74. The van der Waals surface area contributed by atoms with E-state index in [4.69, 9.17) is 5.73 Å². The van der Waals surface area contributed by atoms with Gasteiger partial charge in [-0.2, -0.15) is 0 Å². The van der Waals surface area contributed by atoms with E-state index in [2.05, 4.69) is 5.32 Å². The van der Waals surface area contributed by atoms with Gasteiger partial charge < -0.3 is 21.3 Å². The predicted molar refractivity (Wildman–Crippen MR) is 78.2 cm³/mol. The molecule has 2 rings (SSSR count). The average Bonchev–Trinajstić information content (AvgIpc) is 2.94. The monoisotopic (exact) mass is 330 g/mol. The van der Waals surface area contributed by atoms with Crippen molar-refractivity contribution in [3.05, 3.63) is 0 Å². The topological polar surface area (TPSA) is 130 Å². The quantitative estimate of drug-likeness (QED) is 0.562. The molecular weight excluding hydrogens is 307 g/mol. The largest absolute Gasteiger partial charge is 0.479 e. The Balaban J connectivity index is 2.58. The molecule has 0 heterocycles. The molecule has 2 saturated carbocycles. The van der Waals surface area contributed by atoms with Crippen LogP contribution in [0.1, 0.15) is 40.0 Å². The van der Waals surface area contributed by atoms with Crippen LogP contribution in [0.3, 0.4) is 0 Å². The summed E-state index contributed by atoms with van der Waals surface area (Å²) >= 11 is 0. The highest BCUT2D eigenvalue weighted by atomic mass is 19.1. The zero-order valence-corrected chi connectivity index (χ0v) is 13.4. The lowest BCUT2D eigenvalue weighted by atomic mass is 9.63. The molecule has 0 bridgehead atoms. The molecule has 2 aliphatic rings.